The number of likely N-dealkylation sites (N-methyl/N-ethyl adjacent to an activating group) is 1. The molecule has 0 saturated carbocycles. The van der Waals surface area contributed by atoms with Gasteiger partial charge in [0.05, 0.1) is 24.6 Å². The van der Waals surface area contributed by atoms with Gasteiger partial charge in [-0.15, -0.1) is 0 Å². The highest BCUT2D eigenvalue weighted by atomic mass is 35.5. The molecule has 0 aliphatic carbocycles. The van der Waals surface area contributed by atoms with Gasteiger partial charge in [0.1, 0.15) is 24.6 Å². The molecular weight excluding hydrogens is 496 g/mol. The summed E-state index contributed by atoms with van der Waals surface area (Å²) in [6.07, 6.45) is 0. The van der Waals surface area contributed by atoms with Crippen LogP contribution >= 0.6 is 11.6 Å². The van der Waals surface area contributed by atoms with E-state index in [0.29, 0.717) is 17.2 Å². The number of carbonyl (C=O) groups excluding carboxylic acids is 1. The molecule has 0 bridgehead atoms. The lowest BCUT2D eigenvalue weighted by Crippen LogP contribution is -2.41. The van der Waals surface area contributed by atoms with Gasteiger partial charge in [0.15, 0.2) is 0 Å². The molecule has 0 amide bonds. The van der Waals surface area contributed by atoms with Gasteiger partial charge in [0, 0.05) is 22.7 Å². The number of carbonyl (C=O) groups is 1. The Morgan fingerprint density at radius 1 is 1.03 bits per heavy atom. The van der Waals surface area contributed by atoms with Crippen LogP contribution in [0.2, 0.25) is 5.02 Å². The summed E-state index contributed by atoms with van der Waals surface area (Å²) in [7, 11) is -0.107. The zero-order valence-electron chi connectivity index (χ0n) is 19.2. The molecule has 0 saturated heterocycles. The zero-order chi connectivity index (χ0) is 26.1. The molecule has 0 spiro atoms. The second-order valence-electron chi connectivity index (χ2n) is 8.18. The summed E-state index contributed by atoms with van der Waals surface area (Å²) in [6, 6.07) is 21.2. The van der Waals surface area contributed by atoms with Crippen LogP contribution in [0, 0.1) is 10.1 Å². The van der Waals surface area contributed by atoms with Crippen molar-refractivity contribution < 1.29 is 31.9 Å². The number of hydrogen-bond donors (Lipinski definition) is 1. The summed E-state index contributed by atoms with van der Waals surface area (Å²) in [4.78, 5) is 20.9. The normalized spacial score (nSPS) is 11.2. The second kappa shape index (κ2) is 12.4. The van der Waals surface area contributed by atoms with Crippen LogP contribution in [0.5, 0.6) is 0 Å². The molecule has 186 valence electrons. The first-order valence-corrected chi connectivity index (χ1v) is 12.2. The van der Waals surface area contributed by atoms with E-state index in [1.165, 1.54) is 11.6 Å². The van der Waals surface area contributed by atoms with Gasteiger partial charge in [0.2, 0.25) is 0 Å². The van der Waals surface area contributed by atoms with Gasteiger partial charge in [-0.3, -0.25) is 14.7 Å². The molecule has 9 nitrogen and oxygen atoms in total. The minimum absolute atomic E-state index is 0.309. The predicted molar refractivity (Wildman–Crippen MR) is 132 cm³/mol. The molecule has 0 fully saturated rings. The van der Waals surface area contributed by atoms with Crippen LogP contribution in [0.25, 0.3) is 0 Å². The number of non-ortho nitro benzene ring substituents is 1. The highest BCUT2D eigenvalue weighted by molar-refractivity contribution is 7.85. The molecule has 0 unspecified atom stereocenters. The lowest BCUT2D eigenvalue weighted by Gasteiger charge is -2.29. The van der Waals surface area contributed by atoms with Crippen molar-refractivity contribution in [2.45, 2.75) is 11.4 Å². The Hall–Kier alpha value is -3.31. The van der Waals surface area contributed by atoms with Crippen molar-refractivity contribution in [3.8, 4) is 0 Å². The number of quaternary nitrogens is 1. The average Bonchev–Trinajstić information content (AvgIpc) is 2.79. The van der Waals surface area contributed by atoms with Crippen molar-refractivity contribution in [3.05, 3.63) is 105 Å². The van der Waals surface area contributed by atoms with E-state index in [2.05, 4.69) is 26.2 Å². The third-order valence-electron chi connectivity index (χ3n) is 4.79. The van der Waals surface area contributed by atoms with Crippen LogP contribution in [0.1, 0.15) is 15.9 Å². The van der Waals surface area contributed by atoms with Crippen LogP contribution < -0.4 is 0 Å². The fraction of sp³-hybridized carbons (Fsp3) is 0.208. The van der Waals surface area contributed by atoms with Crippen molar-refractivity contribution in [1.29, 1.82) is 0 Å². The first kappa shape index (κ1) is 27.9. The lowest BCUT2D eigenvalue weighted by atomic mass is 10.2. The van der Waals surface area contributed by atoms with E-state index in [9.17, 15) is 23.3 Å². The summed E-state index contributed by atoms with van der Waals surface area (Å²) in [5, 5.41) is 10.8. The molecule has 0 heterocycles. The molecule has 35 heavy (non-hydrogen) atoms. The summed E-state index contributed by atoms with van der Waals surface area (Å²) >= 11 is 5.80. The van der Waals surface area contributed by atoms with Gasteiger partial charge in [0.25, 0.3) is 15.8 Å². The maximum Gasteiger partial charge on any atom is 0.338 e. The molecule has 0 aromatic heterocycles. The highest BCUT2D eigenvalue weighted by Gasteiger charge is 2.17. The maximum absolute atomic E-state index is 11.9. The summed E-state index contributed by atoms with van der Waals surface area (Å²) < 4.78 is 35.7. The van der Waals surface area contributed by atoms with E-state index in [1.807, 2.05) is 18.2 Å². The van der Waals surface area contributed by atoms with E-state index in [-0.39, 0.29) is 11.7 Å². The fourth-order valence-corrected chi connectivity index (χ4v) is 3.62. The zero-order valence-corrected chi connectivity index (χ0v) is 20.8. The van der Waals surface area contributed by atoms with Gasteiger partial charge < -0.3 is 9.22 Å². The van der Waals surface area contributed by atoms with Crippen LogP contribution in [0.15, 0.2) is 83.8 Å². The van der Waals surface area contributed by atoms with Gasteiger partial charge in [-0.1, -0.05) is 48.0 Å². The molecule has 3 aromatic rings. The molecule has 0 atom stereocenters. The van der Waals surface area contributed by atoms with Crippen molar-refractivity contribution in [2.24, 2.45) is 0 Å². The maximum atomic E-state index is 11.9. The Morgan fingerprint density at radius 2 is 1.66 bits per heavy atom. The topological polar surface area (TPSA) is 124 Å². The number of rotatable bonds is 8. The first-order valence-electron chi connectivity index (χ1n) is 10.4. The third-order valence-corrected chi connectivity index (χ3v) is 5.89. The molecule has 0 radical (unpaired) electrons. The molecule has 11 heteroatoms. The monoisotopic (exact) mass is 521 g/mol. The van der Waals surface area contributed by atoms with Crippen molar-refractivity contribution in [3.63, 3.8) is 0 Å². The molecule has 0 aliphatic heterocycles. The standard InChI is InChI=1S/C18H21ClNO2.C6H5NO5S/c1-20(2,14-15-6-4-3-5-7-15)12-13-22-18(21)16-8-10-17(19)11-9-16;8-7(9)5-2-1-3-6(4-5)13(10,11)12/h3-11H,12-14H2,1-2H3;1-4H,(H,10,11,12)/q+1;. The van der Waals surface area contributed by atoms with Gasteiger partial charge in [-0.05, 0) is 30.3 Å². The van der Waals surface area contributed by atoms with Crippen molar-refractivity contribution in [1.82, 2.24) is 0 Å². The second-order valence-corrected chi connectivity index (χ2v) is 10.0. The molecule has 1 N–H and O–H groups in total. The van der Waals surface area contributed by atoms with Crippen LogP contribution in [-0.2, 0) is 21.4 Å². The van der Waals surface area contributed by atoms with E-state index in [1.54, 1.807) is 24.3 Å². The van der Waals surface area contributed by atoms with Crippen LogP contribution in [-0.4, -0.2) is 55.6 Å². The fourth-order valence-electron chi connectivity index (χ4n) is 2.97. The molecule has 3 rings (SSSR count). The van der Waals surface area contributed by atoms with E-state index in [4.69, 9.17) is 20.9 Å². The van der Waals surface area contributed by atoms with E-state index in [0.717, 1.165) is 35.8 Å². The van der Waals surface area contributed by atoms with Gasteiger partial charge >= 0.3 is 5.97 Å². The Kier molecular flexibility index (Phi) is 9.90. The number of ether oxygens (including phenoxy) is 1. The number of esters is 1. The number of nitro benzene ring substituents is 1. The number of halogens is 1. The molecule has 0 aliphatic rings. The van der Waals surface area contributed by atoms with Crippen molar-refractivity contribution in [2.75, 3.05) is 27.2 Å². The van der Waals surface area contributed by atoms with E-state index >= 15 is 0 Å². The quantitative estimate of drug-likeness (QED) is 0.151. The first-order chi connectivity index (χ1) is 16.4. The minimum Gasteiger partial charge on any atom is -0.456 e. The average molecular weight is 522 g/mol. The number of hydrogen-bond acceptors (Lipinski definition) is 6. The summed E-state index contributed by atoms with van der Waals surface area (Å²) in [6.45, 7) is 2.05. The van der Waals surface area contributed by atoms with Gasteiger partial charge in [-0.2, -0.15) is 8.42 Å². The Labute approximate surface area is 209 Å². The largest absolute Gasteiger partial charge is 0.456 e. The van der Waals surface area contributed by atoms with E-state index < -0.39 is 19.9 Å². The predicted octanol–water partition coefficient (Wildman–Crippen LogP) is 4.61. The van der Waals surface area contributed by atoms with Crippen LogP contribution in [0.3, 0.4) is 0 Å². The lowest BCUT2D eigenvalue weighted by molar-refractivity contribution is -0.903. The summed E-state index contributed by atoms with van der Waals surface area (Å²) in [5.74, 6) is -0.309. The Morgan fingerprint density at radius 3 is 2.23 bits per heavy atom. The summed E-state index contributed by atoms with van der Waals surface area (Å²) in [5.41, 5.74) is 1.42. The minimum atomic E-state index is -4.36. The van der Waals surface area contributed by atoms with Crippen molar-refractivity contribution >= 4 is 33.4 Å². The molecular formula is C24H26ClN2O7S+. The Balaban J connectivity index is 0.000000283. The van der Waals surface area contributed by atoms with Crippen LogP contribution in [0.4, 0.5) is 5.69 Å². The smallest absolute Gasteiger partial charge is 0.338 e. The Bertz CT molecular complexity index is 1250. The number of nitrogens with zero attached hydrogens (tertiary/aromatic N) is 2. The highest BCUT2D eigenvalue weighted by Crippen LogP contribution is 2.16. The molecule has 3 aromatic carbocycles. The SMILES string of the molecule is C[N+](C)(CCOC(=O)c1ccc(Cl)cc1)Cc1ccccc1.O=[N+]([O-])c1cccc(S(=O)(=O)O)c1. The van der Waals surface area contributed by atoms with Gasteiger partial charge in [-0.25, -0.2) is 4.79 Å². The third kappa shape index (κ3) is 9.83. The number of nitro groups is 1. The number of benzene rings is 3.